The second-order valence-corrected chi connectivity index (χ2v) is 4.71. The summed E-state index contributed by atoms with van der Waals surface area (Å²) in [7, 11) is 1.96. The van der Waals surface area contributed by atoms with E-state index in [1.807, 2.05) is 18.9 Å². The van der Waals surface area contributed by atoms with E-state index in [1.165, 1.54) is 0 Å². The van der Waals surface area contributed by atoms with Gasteiger partial charge in [0.2, 0.25) is 0 Å². The van der Waals surface area contributed by atoms with E-state index in [2.05, 4.69) is 10.3 Å². The summed E-state index contributed by atoms with van der Waals surface area (Å²) < 4.78 is 36.4. The third-order valence-electron chi connectivity index (χ3n) is 3.14. The first kappa shape index (κ1) is 16.1. The van der Waals surface area contributed by atoms with Gasteiger partial charge in [-0.25, -0.2) is 0 Å². The molecule has 0 fully saturated rings. The van der Waals surface area contributed by atoms with Crippen molar-refractivity contribution in [1.82, 2.24) is 15.1 Å². The zero-order valence-corrected chi connectivity index (χ0v) is 11.6. The lowest BCUT2D eigenvalue weighted by Gasteiger charge is -2.27. The van der Waals surface area contributed by atoms with E-state index in [1.54, 1.807) is 4.90 Å². The topological polar surface area (TPSA) is 30.9 Å². The van der Waals surface area contributed by atoms with Crippen molar-refractivity contribution in [2.24, 2.45) is 4.99 Å². The Balaban J connectivity index is 2.24. The van der Waals surface area contributed by atoms with E-state index < -0.39 is 12.6 Å². The molecule has 4 nitrogen and oxygen atoms in total. The Morgan fingerprint density at radius 1 is 1.37 bits per heavy atom. The van der Waals surface area contributed by atoms with Crippen molar-refractivity contribution in [1.29, 1.82) is 0 Å². The lowest BCUT2D eigenvalue weighted by Crippen LogP contribution is -2.45. The third kappa shape index (κ3) is 6.66. The molecule has 1 aliphatic heterocycles. The lowest BCUT2D eigenvalue weighted by atomic mass is 10.3. The Morgan fingerprint density at radius 2 is 2.11 bits per heavy atom. The number of alkyl halides is 3. The second kappa shape index (κ2) is 7.57. The smallest absolute Gasteiger partial charge is 0.355 e. The standard InChI is InChI=1S/C12H23F3N4/c1-3-19(9-5-12(13,14)15)10-7-17-11-16-6-4-8-18(11)2/h3-10H2,1-2H3,(H,16,17). The summed E-state index contributed by atoms with van der Waals surface area (Å²) >= 11 is 0. The zero-order valence-electron chi connectivity index (χ0n) is 11.6. The number of rotatable bonds is 6. The maximum Gasteiger partial charge on any atom is 0.390 e. The van der Waals surface area contributed by atoms with E-state index in [-0.39, 0.29) is 6.54 Å². The molecule has 0 saturated carbocycles. The SMILES string of the molecule is CCN(CCNC1=NCCCN1C)CCC(F)(F)F. The molecule has 7 heteroatoms. The number of hydrogen-bond acceptors (Lipinski definition) is 4. The molecule has 1 aliphatic rings. The molecule has 1 heterocycles. The molecule has 112 valence electrons. The molecule has 0 aromatic rings. The van der Waals surface area contributed by atoms with Crippen molar-refractivity contribution in [3.8, 4) is 0 Å². The molecule has 0 saturated heterocycles. The van der Waals surface area contributed by atoms with Crippen LogP contribution in [-0.4, -0.2) is 68.3 Å². The Labute approximate surface area is 112 Å². The van der Waals surface area contributed by atoms with Gasteiger partial charge < -0.3 is 15.1 Å². The van der Waals surface area contributed by atoms with Crippen molar-refractivity contribution in [2.45, 2.75) is 25.9 Å². The average molecular weight is 280 g/mol. The molecule has 0 radical (unpaired) electrons. The van der Waals surface area contributed by atoms with Gasteiger partial charge in [0.1, 0.15) is 0 Å². The van der Waals surface area contributed by atoms with Gasteiger partial charge in [-0.2, -0.15) is 13.2 Å². The van der Waals surface area contributed by atoms with Gasteiger partial charge in [-0.1, -0.05) is 6.92 Å². The van der Waals surface area contributed by atoms with Gasteiger partial charge in [0.25, 0.3) is 0 Å². The monoisotopic (exact) mass is 280 g/mol. The fourth-order valence-corrected chi connectivity index (χ4v) is 1.95. The number of guanidine groups is 1. The second-order valence-electron chi connectivity index (χ2n) is 4.71. The molecule has 0 aromatic heterocycles. The molecule has 0 aromatic carbocycles. The minimum atomic E-state index is -4.07. The van der Waals surface area contributed by atoms with E-state index in [0.717, 1.165) is 25.5 Å². The van der Waals surface area contributed by atoms with Crippen molar-refractivity contribution in [3.05, 3.63) is 0 Å². The summed E-state index contributed by atoms with van der Waals surface area (Å²) in [6, 6.07) is 0. The van der Waals surface area contributed by atoms with Crippen LogP contribution in [0.1, 0.15) is 19.8 Å². The van der Waals surface area contributed by atoms with Crippen LogP contribution in [-0.2, 0) is 0 Å². The average Bonchev–Trinajstić information content (AvgIpc) is 2.34. The van der Waals surface area contributed by atoms with Gasteiger partial charge in [0.15, 0.2) is 5.96 Å². The highest BCUT2D eigenvalue weighted by molar-refractivity contribution is 5.80. The highest BCUT2D eigenvalue weighted by atomic mass is 19.4. The summed E-state index contributed by atoms with van der Waals surface area (Å²) in [5, 5.41) is 3.19. The molecule has 0 atom stereocenters. The molecular weight excluding hydrogens is 257 g/mol. The lowest BCUT2D eigenvalue weighted by molar-refractivity contribution is -0.137. The van der Waals surface area contributed by atoms with E-state index >= 15 is 0 Å². The Morgan fingerprint density at radius 3 is 2.68 bits per heavy atom. The van der Waals surface area contributed by atoms with Crippen LogP contribution in [0.3, 0.4) is 0 Å². The predicted octanol–water partition coefficient (Wildman–Crippen LogP) is 1.54. The Bertz CT molecular complexity index is 291. The number of nitrogens with one attached hydrogen (secondary N) is 1. The minimum Gasteiger partial charge on any atom is -0.355 e. The first-order chi connectivity index (χ1) is 8.92. The van der Waals surface area contributed by atoms with Crippen molar-refractivity contribution >= 4 is 5.96 Å². The van der Waals surface area contributed by atoms with Gasteiger partial charge in [-0.3, -0.25) is 4.99 Å². The van der Waals surface area contributed by atoms with Crippen LogP contribution in [0, 0.1) is 0 Å². The highest BCUT2D eigenvalue weighted by Crippen LogP contribution is 2.19. The fraction of sp³-hybridized carbons (Fsp3) is 0.917. The highest BCUT2D eigenvalue weighted by Gasteiger charge is 2.27. The zero-order chi connectivity index (χ0) is 14.3. The van der Waals surface area contributed by atoms with E-state index in [0.29, 0.717) is 19.6 Å². The number of likely N-dealkylation sites (N-methyl/N-ethyl adjacent to an activating group) is 1. The van der Waals surface area contributed by atoms with Gasteiger partial charge >= 0.3 is 6.18 Å². The molecule has 0 spiro atoms. The van der Waals surface area contributed by atoms with Crippen molar-refractivity contribution in [3.63, 3.8) is 0 Å². The van der Waals surface area contributed by atoms with Gasteiger partial charge in [0.05, 0.1) is 6.42 Å². The Hall–Kier alpha value is -0.980. The van der Waals surface area contributed by atoms with Crippen LogP contribution in [0.2, 0.25) is 0 Å². The number of aliphatic imine (C=N–C) groups is 1. The maximum absolute atomic E-state index is 12.1. The summed E-state index contributed by atoms with van der Waals surface area (Å²) in [5.74, 6) is 0.845. The van der Waals surface area contributed by atoms with Gasteiger partial charge in [-0.05, 0) is 13.0 Å². The van der Waals surface area contributed by atoms with Crippen LogP contribution in [0.5, 0.6) is 0 Å². The Kier molecular flexibility index (Phi) is 6.41. The minimum absolute atomic E-state index is 0.0595. The number of halogens is 3. The van der Waals surface area contributed by atoms with Crippen LogP contribution in [0.15, 0.2) is 4.99 Å². The van der Waals surface area contributed by atoms with Crippen molar-refractivity contribution < 1.29 is 13.2 Å². The van der Waals surface area contributed by atoms with Gasteiger partial charge in [-0.15, -0.1) is 0 Å². The number of hydrogen-bond donors (Lipinski definition) is 1. The largest absolute Gasteiger partial charge is 0.390 e. The summed E-state index contributed by atoms with van der Waals surface area (Å²) in [6.07, 6.45) is -3.77. The van der Waals surface area contributed by atoms with Crippen LogP contribution >= 0.6 is 0 Å². The third-order valence-corrected chi connectivity index (χ3v) is 3.14. The number of nitrogens with zero attached hydrogens (tertiary/aromatic N) is 3. The molecule has 0 amide bonds. The van der Waals surface area contributed by atoms with Crippen LogP contribution in [0.25, 0.3) is 0 Å². The predicted molar refractivity (Wildman–Crippen MR) is 70.3 cm³/mol. The van der Waals surface area contributed by atoms with E-state index in [9.17, 15) is 13.2 Å². The summed E-state index contributed by atoms with van der Waals surface area (Å²) in [4.78, 5) is 8.18. The van der Waals surface area contributed by atoms with Crippen LogP contribution in [0.4, 0.5) is 13.2 Å². The quantitative estimate of drug-likeness (QED) is 0.801. The van der Waals surface area contributed by atoms with Crippen LogP contribution < -0.4 is 5.32 Å². The normalized spacial score (nSPS) is 16.7. The fourth-order valence-electron chi connectivity index (χ4n) is 1.95. The first-order valence-corrected chi connectivity index (χ1v) is 6.71. The molecule has 19 heavy (non-hydrogen) atoms. The summed E-state index contributed by atoms with van der Waals surface area (Å²) in [6.45, 7) is 5.56. The maximum atomic E-state index is 12.1. The van der Waals surface area contributed by atoms with E-state index in [4.69, 9.17) is 0 Å². The van der Waals surface area contributed by atoms with Gasteiger partial charge in [0, 0.05) is 39.8 Å². The summed E-state index contributed by atoms with van der Waals surface area (Å²) in [5.41, 5.74) is 0. The first-order valence-electron chi connectivity index (χ1n) is 6.71. The molecular formula is C12H23F3N4. The molecule has 0 aliphatic carbocycles. The molecule has 1 N–H and O–H groups in total. The molecule has 1 rings (SSSR count). The van der Waals surface area contributed by atoms with Crippen molar-refractivity contribution in [2.75, 3.05) is 46.3 Å². The molecule has 0 bridgehead atoms. The molecule has 0 unspecified atom stereocenters.